The van der Waals surface area contributed by atoms with Gasteiger partial charge in [0.05, 0.1) is 10.6 Å². The number of carbonyl (C=O) groups is 1. The summed E-state index contributed by atoms with van der Waals surface area (Å²) in [4.78, 5) is 15.7. The zero-order valence-corrected chi connectivity index (χ0v) is 15.6. The van der Waals surface area contributed by atoms with Gasteiger partial charge < -0.3 is 10.2 Å². The first-order valence-electron chi connectivity index (χ1n) is 7.87. The number of thiophene rings is 1. The standard InChI is InChI=1S/C18H19ClN4OS/c1-22(2)9-8-20-18(24)16-12-15(17-7-4-10-25-17)21-23(16)14-6-3-5-13(19)11-14/h3-7,10-12H,8-9H2,1-2H3,(H,20,24). The summed E-state index contributed by atoms with van der Waals surface area (Å²) in [5.74, 6) is -0.155. The number of rotatable bonds is 6. The monoisotopic (exact) mass is 374 g/mol. The number of halogens is 1. The average Bonchev–Trinajstić information content (AvgIpc) is 3.24. The molecule has 0 fully saturated rings. The molecule has 0 aliphatic heterocycles. The third kappa shape index (κ3) is 4.28. The van der Waals surface area contributed by atoms with Crippen LogP contribution in [-0.4, -0.2) is 47.8 Å². The fraction of sp³-hybridized carbons (Fsp3) is 0.222. The fourth-order valence-electron chi connectivity index (χ4n) is 2.38. The van der Waals surface area contributed by atoms with Crippen LogP contribution < -0.4 is 5.32 Å². The lowest BCUT2D eigenvalue weighted by molar-refractivity contribution is 0.0943. The van der Waals surface area contributed by atoms with Crippen LogP contribution in [0.2, 0.25) is 5.02 Å². The largest absolute Gasteiger partial charge is 0.349 e. The van der Waals surface area contributed by atoms with Gasteiger partial charge in [0.2, 0.25) is 0 Å². The van der Waals surface area contributed by atoms with Crippen LogP contribution in [0.3, 0.4) is 0 Å². The van der Waals surface area contributed by atoms with Gasteiger partial charge in [0.15, 0.2) is 0 Å². The lowest BCUT2D eigenvalue weighted by Crippen LogP contribution is -2.32. The topological polar surface area (TPSA) is 50.2 Å². The van der Waals surface area contributed by atoms with E-state index in [9.17, 15) is 4.79 Å². The minimum Gasteiger partial charge on any atom is -0.349 e. The molecule has 0 saturated heterocycles. The summed E-state index contributed by atoms with van der Waals surface area (Å²) >= 11 is 7.70. The maximum Gasteiger partial charge on any atom is 0.270 e. The first kappa shape index (κ1) is 17.7. The van der Waals surface area contributed by atoms with E-state index in [1.807, 2.05) is 54.7 Å². The molecule has 0 aliphatic carbocycles. The van der Waals surface area contributed by atoms with Crippen LogP contribution in [0.25, 0.3) is 16.3 Å². The van der Waals surface area contributed by atoms with Gasteiger partial charge >= 0.3 is 0 Å². The van der Waals surface area contributed by atoms with Crippen molar-refractivity contribution in [3.63, 3.8) is 0 Å². The van der Waals surface area contributed by atoms with Gasteiger partial charge in [0.25, 0.3) is 5.91 Å². The maximum atomic E-state index is 12.7. The zero-order chi connectivity index (χ0) is 17.8. The summed E-state index contributed by atoms with van der Waals surface area (Å²) in [6.45, 7) is 1.34. The second kappa shape index (κ2) is 7.82. The second-order valence-electron chi connectivity index (χ2n) is 5.84. The Morgan fingerprint density at radius 3 is 2.80 bits per heavy atom. The molecule has 0 atom stereocenters. The Hall–Kier alpha value is -2.15. The van der Waals surface area contributed by atoms with Crippen LogP contribution >= 0.6 is 22.9 Å². The molecule has 3 aromatic rings. The number of nitrogens with one attached hydrogen (secondary N) is 1. The Balaban J connectivity index is 1.96. The van der Waals surface area contributed by atoms with Crippen LogP contribution in [-0.2, 0) is 0 Å². The van der Waals surface area contributed by atoms with Gasteiger partial charge in [-0.2, -0.15) is 5.10 Å². The molecule has 1 amide bonds. The van der Waals surface area contributed by atoms with Crippen LogP contribution in [0.15, 0.2) is 47.8 Å². The number of likely N-dealkylation sites (N-methyl/N-ethyl adjacent to an activating group) is 1. The Bertz CT molecular complexity index is 858. The average molecular weight is 375 g/mol. The van der Waals surface area contributed by atoms with Crippen LogP contribution in [0.5, 0.6) is 0 Å². The Labute approximate surface area is 155 Å². The Kier molecular flexibility index (Phi) is 5.53. The minimum absolute atomic E-state index is 0.155. The molecular formula is C18H19ClN4OS. The summed E-state index contributed by atoms with van der Waals surface area (Å²) in [6, 6.07) is 13.1. The van der Waals surface area contributed by atoms with Gasteiger partial charge in [0.1, 0.15) is 11.4 Å². The molecule has 25 heavy (non-hydrogen) atoms. The van der Waals surface area contributed by atoms with E-state index >= 15 is 0 Å². The molecule has 0 radical (unpaired) electrons. The normalized spacial score (nSPS) is 11.0. The van der Waals surface area contributed by atoms with Crippen molar-refractivity contribution < 1.29 is 4.79 Å². The summed E-state index contributed by atoms with van der Waals surface area (Å²) in [5.41, 5.74) is 2.02. The molecule has 5 nitrogen and oxygen atoms in total. The SMILES string of the molecule is CN(C)CCNC(=O)c1cc(-c2cccs2)nn1-c1cccc(Cl)c1. The van der Waals surface area contributed by atoms with Crippen molar-refractivity contribution in [1.29, 1.82) is 0 Å². The molecule has 0 aliphatic rings. The van der Waals surface area contributed by atoms with E-state index in [4.69, 9.17) is 11.6 Å². The molecule has 130 valence electrons. The number of hydrogen-bond donors (Lipinski definition) is 1. The molecule has 1 N–H and O–H groups in total. The highest BCUT2D eigenvalue weighted by molar-refractivity contribution is 7.13. The third-order valence-corrected chi connectivity index (χ3v) is 4.74. The van der Waals surface area contributed by atoms with Crippen molar-refractivity contribution in [3.05, 3.63) is 58.6 Å². The van der Waals surface area contributed by atoms with Gasteiger partial charge in [-0.3, -0.25) is 4.79 Å². The highest BCUT2D eigenvalue weighted by atomic mass is 35.5. The first-order valence-corrected chi connectivity index (χ1v) is 9.13. The predicted octanol–water partition coefficient (Wildman–Crippen LogP) is 3.55. The lowest BCUT2D eigenvalue weighted by Gasteiger charge is -2.11. The van der Waals surface area contributed by atoms with Gasteiger partial charge in [-0.25, -0.2) is 4.68 Å². The lowest BCUT2D eigenvalue weighted by atomic mass is 10.3. The molecule has 7 heteroatoms. The van der Waals surface area contributed by atoms with Crippen molar-refractivity contribution in [3.8, 4) is 16.3 Å². The minimum atomic E-state index is -0.155. The summed E-state index contributed by atoms with van der Waals surface area (Å²) < 4.78 is 1.64. The number of nitrogens with zero attached hydrogens (tertiary/aromatic N) is 3. The van der Waals surface area contributed by atoms with E-state index in [0.717, 1.165) is 22.8 Å². The predicted molar refractivity (Wildman–Crippen MR) is 103 cm³/mol. The molecule has 0 saturated carbocycles. The van der Waals surface area contributed by atoms with Crippen molar-refractivity contribution in [2.24, 2.45) is 0 Å². The number of carbonyl (C=O) groups excluding carboxylic acids is 1. The van der Waals surface area contributed by atoms with Gasteiger partial charge in [-0.05, 0) is 49.8 Å². The van der Waals surface area contributed by atoms with E-state index in [-0.39, 0.29) is 5.91 Å². The van der Waals surface area contributed by atoms with Crippen molar-refractivity contribution in [2.45, 2.75) is 0 Å². The molecule has 0 unspecified atom stereocenters. The van der Waals surface area contributed by atoms with E-state index < -0.39 is 0 Å². The van der Waals surface area contributed by atoms with Gasteiger partial charge in [0, 0.05) is 18.1 Å². The van der Waals surface area contributed by atoms with E-state index in [0.29, 0.717) is 17.3 Å². The second-order valence-corrected chi connectivity index (χ2v) is 7.23. The summed E-state index contributed by atoms with van der Waals surface area (Å²) in [5, 5.41) is 10.2. The molecule has 1 aromatic carbocycles. The molecule has 2 heterocycles. The van der Waals surface area contributed by atoms with Gasteiger partial charge in [-0.1, -0.05) is 23.7 Å². The third-order valence-electron chi connectivity index (χ3n) is 3.61. The Morgan fingerprint density at radius 1 is 1.28 bits per heavy atom. The number of hydrogen-bond acceptors (Lipinski definition) is 4. The quantitative estimate of drug-likeness (QED) is 0.717. The van der Waals surface area contributed by atoms with Gasteiger partial charge in [-0.15, -0.1) is 11.3 Å². The zero-order valence-electron chi connectivity index (χ0n) is 14.1. The Morgan fingerprint density at radius 2 is 2.12 bits per heavy atom. The molecule has 2 aromatic heterocycles. The molecule has 0 spiro atoms. The number of aromatic nitrogens is 2. The fourth-order valence-corrected chi connectivity index (χ4v) is 3.24. The van der Waals surface area contributed by atoms with E-state index in [1.54, 1.807) is 28.2 Å². The molecule has 0 bridgehead atoms. The van der Waals surface area contributed by atoms with Crippen LogP contribution in [0.1, 0.15) is 10.5 Å². The highest BCUT2D eigenvalue weighted by Gasteiger charge is 2.18. The first-order chi connectivity index (χ1) is 12.0. The van der Waals surface area contributed by atoms with Crippen LogP contribution in [0.4, 0.5) is 0 Å². The van der Waals surface area contributed by atoms with Crippen molar-refractivity contribution in [1.82, 2.24) is 20.0 Å². The summed E-state index contributed by atoms with van der Waals surface area (Å²) in [7, 11) is 3.94. The molecule has 3 rings (SSSR count). The highest BCUT2D eigenvalue weighted by Crippen LogP contribution is 2.26. The molecular weight excluding hydrogens is 356 g/mol. The maximum absolute atomic E-state index is 12.7. The van der Waals surface area contributed by atoms with Crippen LogP contribution in [0, 0.1) is 0 Å². The number of amides is 1. The number of benzene rings is 1. The van der Waals surface area contributed by atoms with E-state index in [1.165, 1.54) is 0 Å². The van der Waals surface area contributed by atoms with Crippen molar-refractivity contribution in [2.75, 3.05) is 27.2 Å². The smallest absolute Gasteiger partial charge is 0.270 e. The van der Waals surface area contributed by atoms with Crippen molar-refractivity contribution >= 4 is 28.8 Å². The summed E-state index contributed by atoms with van der Waals surface area (Å²) in [6.07, 6.45) is 0. The van der Waals surface area contributed by atoms with E-state index in [2.05, 4.69) is 10.4 Å².